The van der Waals surface area contributed by atoms with Gasteiger partial charge in [-0.3, -0.25) is 14.2 Å². The van der Waals surface area contributed by atoms with E-state index >= 15 is 0 Å². The number of hydrogen-bond acceptors (Lipinski definition) is 5. The van der Waals surface area contributed by atoms with Crippen molar-refractivity contribution in [1.29, 1.82) is 0 Å². The monoisotopic (exact) mass is 602 g/mol. The Kier molecular flexibility index (Phi) is 9.31. The summed E-state index contributed by atoms with van der Waals surface area (Å²) in [5, 5.41) is 6.65. The van der Waals surface area contributed by atoms with Crippen LogP contribution in [0.25, 0.3) is 27.5 Å². The molecule has 2 aromatic carbocycles. The largest absolute Gasteiger partial charge is 0.336 e. The molecule has 0 spiro atoms. The number of thiazole rings is 1. The van der Waals surface area contributed by atoms with Crippen LogP contribution < -0.4 is 10.9 Å². The van der Waals surface area contributed by atoms with E-state index in [9.17, 15) is 9.59 Å². The molecular weight excluding hydrogens is 564 g/mol. The lowest BCUT2D eigenvalue weighted by Gasteiger charge is -2.33. The fraction of sp³-hybridized carbons (Fsp3) is 0.382. The van der Waals surface area contributed by atoms with Crippen molar-refractivity contribution in [3.63, 3.8) is 0 Å². The molecule has 1 amide bonds. The van der Waals surface area contributed by atoms with Gasteiger partial charge < -0.3 is 10.2 Å². The lowest BCUT2D eigenvalue weighted by molar-refractivity contribution is 0.0707. The fourth-order valence-corrected chi connectivity index (χ4v) is 6.72. The number of pyridine rings is 1. The van der Waals surface area contributed by atoms with Crippen molar-refractivity contribution in [2.45, 2.75) is 59.9 Å². The maximum Gasteiger partial charge on any atom is 0.265 e. The average Bonchev–Trinajstić information content (AvgIpc) is 3.47. The highest BCUT2D eigenvalue weighted by Crippen LogP contribution is 2.32. The Balaban J connectivity index is 1.79. The van der Waals surface area contributed by atoms with E-state index in [4.69, 9.17) is 16.6 Å². The Bertz CT molecular complexity index is 1620. The highest BCUT2D eigenvalue weighted by Gasteiger charge is 2.29. The summed E-state index contributed by atoms with van der Waals surface area (Å²) in [6.07, 6.45) is 2.16. The lowest BCUT2D eigenvalue weighted by Crippen LogP contribution is -2.51. The van der Waals surface area contributed by atoms with Crippen LogP contribution in [0.5, 0.6) is 0 Å². The van der Waals surface area contributed by atoms with E-state index in [1.54, 1.807) is 0 Å². The molecule has 0 unspecified atom stereocenters. The molecule has 2 aromatic heterocycles. The van der Waals surface area contributed by atoms with Gasteiger partial charge in [0, 0.05) is 47.3 Å². The molecule has 42 heavy (non-hydrogen) atoms. The molecule has 0 saturated carbocycles. The second-order valence-corrected chi connectivity index (χ2v) is 12.7. The first-order valence-corrected chi connectivity index (χ1v) is 16.1. The van der Waals surface area contributed by atoms with E-state index in [-0.39, 0.29) is 23.4 Å². The molecule has 5 rings (SSSR count). The summed E-state index contributed by atoms with van der Waals surface area (Å²) in [5.41, 5.74) is 6.47. The predicted octanol–water partition coefficient (Wildman–Crippen LogP) is 7.04. The molecule has 0 aliphatic carbocycles. The number of nitrogens with one attached hydrogen (secondary N) is 1. The first kappa shape index (κ1) is 30.2. The van der Waals surface area contributed by atoms with E-state index in [2.05, 4.69) is 58.1 Å². The first-order valence-electron chi connectivity index (χ1n) is 14.9. The van der Waals surface area contributed by atoms with E-state index in [0.29, 0.717) is 40.7 Å². The summed E-state index contributed by atoms with van der Waals surface area (Å²) < 4.78 is 1.86. The van der Waals surface area contributed by atoms with Crippen LogP contribution in [0.15, 0.2) is 58.7 Å². The Morgan fingerprint density at radius 3 is 2.43 bits per heavy atom. The highest BCUT2D eigenvalue weighted by molar-refractivity contribution is 7.13. The Morgan fingerprint density at radius 2 is 1.81 bits per heavy atom. The van der Waals surface area contributed by atoms with Crippen LogP contribution in [0, 0.1) is 5.92 Å². The molecule has 3 heterocycles. The number of hydrogen-bond donors (Lipinski definition) is 1. The van der Waals surface area contributed by atoms with Gasteiger partial charge in [0.15, 0.2) is 0 Å². The second-order valence-electron chi connectivity index (χ2n) is 11.4. The summed E-state index contributed by atoms with van der Waals surface area (Å²) in [6.45, 7) is 12.6. The minimum atomic E-state index is -0.136. The number of para-hydroxylation sites is 1. The molecule has 1 aliphatic heterocycles. The molecular formula is C34H39ClN4O2S. The van der Waals surface area contributed by atoms with Crippen molar-refractivity contribution in [2.24, 2.45) is 5.92 Å². The highest BCUT2D eigenvalue weighted by atomic mass is 35.5. The normalized spacial score (nSPS) is 15.4. The molecule has 1 aliphatic rings. The maximum atomic E-state index is 14.7. The van der Waals surface area contributed by atoms with Gasteiger partial charge in [0.05, 0.1) is 22.5 Å². The number of amides is 1. The summed E-state index contributed by atoms with van der Waals surface area (Å²) in [7, 11) is 0. The third kappa shape index (κ3) is 6.10. The SMILES string of the molecule is CCc1cccc(CC)c1-n1c(CC(C)C)c(C(=O)N2CCN[C@@H](C)C2)cc(-c2nc(-c3ccc(Cl)cc3)cs2)c1=O. The number of halogens is 1. The summed E-state index contributed by atoms with van der Waals surface area (Å²) in [4.78, 5) is 35.9. The van der Waals surface area contributed by atoms with Gasteiger partial charge in [0.25, 0.3) is 11.5 Å². The Morgan fingerprint density at radius 1 is 1.12 bits per heavy atom. The van der Waals surface area contributed by atoms with Crippen molar-refractivity contribution >= 4 is 28.8 Å². The first-order chi connectivity index (χ1) is 20.2. The predicted molar refractivity (Wildman–Crippen MR) is 174 cm³/mol. The fourth-order valence-electron chi connectivity index (χ4n) is 5.76. The molecule has 1 N–H and O–H groups in total. The van der Waals surface area contributed by atoms with Crippen molar-refractivity contribution in [2.75, 3.05) is 19.6 Å². The number of nitrogens with zero attached hydrogens (tertiary/aromatic N) is 3. The molecule has 1 saturated heterocycles. The van der Waals surface area contributed by atoms with Gasteiger partial charge in [-0.05, 0) is 61.4 Å². The maximum absolute atomic E-state index is 14.7. The average molecular weight is 603 g/mol. The van der Waals surface area contributed by atoms with E-state index in [1.807, 2.05) is 45.2 Å². The van der Waals surface area contributed by atoms with Crippen molar-refractivity contribution in [1.82, 2.24) is 19.8 Å². The van der Waals surface area contributed by atoms with Gasteiger partial charge in [-0.1, -0.05) is 69.6 Å². The molecule has 6 nitrogen and oxygen atoms in total. The van der Waals surface area contributed by atoms with Crippen LogP contribution >= 0.6 is 22.9 Å². The van der Waals surface area contributed by atoms with E-state index in [0.717, 1.165) is 53.2 Å². The zero-order chi connectivity index (χ0) is 30.0. The minimum absolute atomic E-state index is 0.0319. The molecule has 1 fully saturated rings. The van der Waals surface area contributed by atoms with Gasteiger partial charge >= 0.3 is 0 Å². The number of carbonyl (C=O) groups excluding carboxylic acids is 1. The van der Waals surface area contributed by atoms with Crippen LogP contribution in [-0.4, -0.2) is 46.0 Å². The van der Waals surface area contributed by atoms with Gasteiger partial charge in [-0.2, -0.15) is 0 Å². The van der Waals surface area contributed by atoms with Gasteiger partial charge in [0.2, 0.25) is 0 Å². The number of piperazine rings is 1. The number of aromatic nitrogens is 2. The number of benzene rings is 2. The second kappa shape index (κ2) is 12.9. The minimum Gasteiger partial charge on any atom is -0.336 e. The lowest BCUT2D eigenvalue weighted by atomic mass is 9.96. The Labute approximate surface area is 257 Å². The van der Waals surface area contributed by atoms with Gasteiger partial charge in [-0.25, -0.2) is 4.98 Å². The molecule has 0 bridgehead atoms. The standard InChI is InChI=1S/C34H39ClN4O2S/c1-6-23-9-8-10-24(7-2)31(23)39-30(17-21(3)4)27(33(40)38-16-15-36-22(5)19-38)18-28(34(39)41)32-37-29(20-42-32)25-11-13-26(35)14-12-25/h8-14,18,20-22,36H,6-7,15-17,19H2,1-5H3/t22-/m0/s1. The Hall–Kier alpha value is -3.26. The third-order valence-electron chi connectivity index (χ3n) is 7.85. The van der Waals surface area contributed by atoms with Crippen LogP contribution in [0.4, 0.5) is 0 Å². The third-order valence-corrected chi connectivity index (χ3v) is 8.98. The topological polar surface area (TPSA) is 67.2 Å². The molecule has 1 atom stereocenters. The van der Waals surface area contributed by atoms with Crippen LogP contribution in [0.2, 0.25) is 5.02 Å². The smallest absolute Gasteiger partial charge is 0.265 e. The van der Waals surface area contributed by atoms with Gasteiger partial charge in [-0.15, -0.1) is 11.3 Å². The van der Waals surface area contributed by atoms with Crippen molar-refractivity contribution in [3.05, 3.63) is 91.7 Å². The molecule has 0 radical (unpaired) electrons. The summed E-state index contributed by atoms with van der Waals surface area (Å²) >= 11 is 7.54. The molecule has 220 valence electrons. The van der Waals surface area contributed by atoms with E-state index < -0.39 is 0 Å². The van der Waals surface area contributed by atoms with Crippen LogP contribution in [0.1, 0.15) is 61.8 Å². The van der Waals surface area contributed by atoms with Crippen molar-refractivity contribution in [3.8, 4) is 27.5 Å². The van der Waals surface area contributed by atoms with Crippen molar-refractivity contribution < 1.29 is 4.79 Å². The zero-order valence-electron chi connectivity index (χ0n) is 25.0. The summed E-state index contributed by atoms with van der Waals surface area (Å²) in [6, 6.07) is 15.8. The zero-order valence-corrected chi connectivity index (χ0v) is 26.6. The van der Waals surface area contributed by atoms with E-state index in [1.165, 1.54) is 11.3 Å². The number of aryl methyl sites for hydroxylation is 2. The quantitative estimate of drug-likeness (QED) is 0.235. The van der Waals surface area contributed by atoms with Crippen LogP contribution in [-0.2, 0) is 19.3 Å². The van der Waals surface area contributed by atoms with Crippen LogP contribution in [0.3, 0.4) is 0 Å². The molecule has 8 heteroatoms. The summed E-state index contributed by atoms with van der Waals surface area (Å²) in [5.74, 6) is 0.209. The van der Waals surface area contributed by atoms with Gasteiger partial charge in [0.1, 0.15) is 5.01 Å². The molecule has 4 aromatic rings. The number of carbonyl (C=O) groups is 1. The number of rotatable bonds is 8.